The summed E-state index contributed by atoms with van der Waals surface area (Å²) in [6, 6.07) is 22.1. The van der Waals surface area contributed by atoms with E-state index in [0.717, 1.165) is 35.5 Å². The van der Waals surface area contributed by atoms with E-state index in [-0.39, 0.29) is 5.56 Å². The number of quaternary nitrogens is 1. The summed E-state index contributed by atoms with van der Waals surface area (Å²) >= 11 is 0. The van der Waals surface area contributed by atoms with E-state index in [1.54, 1.807) is 0 Å². The largest absolute Gasteiger partial charge is 0.545 e. The zero-order valence-corrected chi connectivity index (χ0v) is 16.8. The van der Waals surface area contributed by atoms with Crippen LogP contribution in [0.5, 0.6) is 0 Å². The Labute approximate surface area is 175 Å². The normalized spacial score (nSPS) is 17.4. The lowest BCUT2D eigenvalue weighted by Gasteiger charge is -2.29. The molecule has 3 aromatic carbocycles. The number of carboxylic acid groups (broad SMARTS) is 1. The van der Waals surface area contributed by atoms with Gasteiger partial charge in [0.05, 0.1) is 23.7 Å². The Morgan fingerprint density at radius 1 is 1.03 bits per heavy atom. The molecule has 0 radical (unpaired) electrons. The number of hydrogen-bond donors (Lipinski definition) is 1. The molecule has 1 unspecified atom stereocenters. The van der Waals surface area contributed by atoms with Crippen molar-refractivity contribution in [1.29, 1.82) is 0 Å². The average Bonchev–Trinajstić information content (AvgIpc) is 2.77. The number of para-hydroxylation sites is 1. The Morgan fingerprint density at radius 2 is 1.80 bits per heavy atom. The summed E-state index contributed by atoms with van der Waals surface area (Å²) in [4.78, 5) is 18.3. The number of carbonyl (C=O) groups is 1. The standard InChI is InChI=1S/C26H22N2O2/c1-2-28-15-20(14-17-11-12-18-7-3-4-8-19(18)13-17)25-22(16-28)24(26(29)30)21-9-5-6-10-23(21)27-25/h3-14H,2,15-16H2,1H3,(H,29,30)/b20-14+. The maximum Gasteiger partial charge on any atom is 0.106 e. The van der Waals surface area contributed by atoms with E-state index in [1.165, 1.54) is 15.7 Å². The van der Waals surface area contributed by atoms with Crippen LogP contribution in [-0.4, -0.2) is 24.0 Å². The molecular weight excluding hydrogens is 372 g/mol. The molecule has 1 aromatic heterocycles. The van der Waals surface area contributed by atoms with Crippen molar-refractivity contribution < 1.29 is 14.8 Å². The van der Waals surface area contributed by atoms with Crippen LogP contribution in [0.15, 0.2) is 66.7 Å². The fourth-order valence-corrected chi connectivity index (χ4v) is 4.46. The fourth-order valence-electron chi connectivity index (χ4n) is 4.46. The maximum atomic E-state index is 12.1. The molecule has 4 aromatic rings. The Hall–Kier alpha value is -3.50. The van der Waals surface area contributed by atoms with Crippen LogP contribution >= 0.6 is 0 Å². The molecule has 0 amide bonds. The summed E-state index contributed by atoms with van der Waals surface area (Å²) in [6.45, 7) is 4.49. The van der Waals surface area contributed by atoms with Gasteiger partial charge in [-0.1, -0.05) is 54.6 Å². The van der Waals surface area contributed by atoms with Crippen LogP contribution in [0.3, 0.4) is 0 Å². The first-order chi connectivity index (χ1) is 14.6. The van der Waals surface area contributed by atoms with Gasteiger partial charge >= 0.3 is 0 Å². The van der Waals surface area contributed by atoms with Gasteiger partial charge < -0.3 is 14.8 Å². The second kappa shape index (κ2) is 7.39. The van der Waals surface area contributed by atoms with E-state index in [1.807, 2.05) is 36.4 Å². The van der Waals surface area contributed by atoms with Crippen LogP contribution in [0.4, 0.5) is 0 Å². The summed E-state index contributed by atoms with van der Waals surface area (Å²) < 4.78 is 0. The minimum atomic E-state index is -1.13. The third-order valence-electron chi connectivity index (χ3n) is 5.98. The van der Waals surface area contributed by atoms with Crippen LogP contribution < -0.4 is 10.0 Å². The van der Waals surface area contributed by atoms with Gasteiger partial charge in [-0.15, -0.1) is 0 Å². The number of carboxylic acids is 1. The second-order valence-electron chi connectivity index (χ2n) is 7.85. The van der Waals surface area contributed by atoms with Crippen molar-refractivity contribution in [2.24, 2.45) is 0 Å². The van der Waals surface area contributed by atoms with Crippen molar-refractivity contribution in [2.75, 3.05) is 13.1 Å². The van der Waals surface area contributed by atoms with Crippen molar-refractivity contribution >= 4 is 39.3 Å². The molecule has 2 heterocycles. The molecule has 4 heteroatoms. The first-order valence-corrected chi connectivity index (χ1v) is 10.3. The van der Waals surface area contributed by atoms with E-state index >= 15 is 0 Å². The lowest BCUT2D eigenvalue weighted by Crippen LogP contribution is -3.11. The molecule has 5 rings (SSSR count). The van der Waals surface area contributed by atoms with Gasteiger partial charge in [0, 0.05) is 22.1 Å². The predicted octanol–water partition coefficient (Wildman–Crippen LogP) is 2.71. The van der Waals surface area contributed by atoms with Gasteiger partial charge in [0.15, 0.2) is 0 Å². The molecule has 4 nitrogen and oxygen atoms in total. The zero-order chi connectivity index (χ0) is 20.7. The van der Waals surface area contributed by atoms with Crippen molar-refractivity contribution in [3.63, 3.8) is 0 Å². The van der Waals surface area contributed by atoms with Gasteiger partial charge in [0.1, 0.15) is 13.1 Å². The number of pyridine rings is 1. The van der Waals surface area contributed by atoms with Gasteiger partial charge in [0.25, 0.3) is 0 Å². The summed E-state index contributed by atoms with van der Waals surface area (Å²) in [7, 11) is 0. The van der Waals surface area contributed by atoms with Crippen molar-refractivity contribution in [2.45, 2.75) is 13.5 Å². The minimum Gasteiger partial charge on any atom is -0.545 e. The number of aromatic nitrogens is 1. The molecule has 30 heavy (non-hydrogen) atoms. The van der Waals surface area contributed by atoms with E-state index in [4.69, 9.17) is 4.98 Å². The number of nitrogens with zero attached hydrogens (tertiary/aromatic N) is 1. The number of hydrogen-bond acceptors (Lipinski definition) is 3. The highest BCUT2D eigenvalue weighted by Gasteiger charge is 2.28. The van der Waals surface area contributed by atoms with Crippen LogP contribution in [0.25, 0.3) is 33.3 Å². The molecule has 0 saturated carbocycles. The lowest BCUT2D eigenvalue weighted by molar-refractivity contribution is -0.905. The Bertz CT molecular complexity index is 1320. The number of aromatic carboxylic acids is 1. The summed E-state index contributed by atoms with van der Waals surface area (Å²) in [5.41, 5.74) is 4.71. The SMILES string of the molecule is CC[NH+]1C/C(=C\c2ccc3ccccc3c2)c2nc3ccccc3c(C(=O)[O-])c2C1. The summed E-state index contributed by atoms with van der Waals surface area (Å²) in [5.74, 6) is -1.13. The quantitative estimate of drug-likeness (QED) is 0.581. The average molecular weight is 394 g/mol. The topological polar surface area (TPSA) is 57.5 Å². The first-order valence-electron chi connectivity index (χ1n) is 10.3. The molecule has 0 spiro atoms. The van der Waals surface area contributed by atoms with Gasteiger partial charge in [0.2, 0.25) is 0 Å². The highest BCUT2D eigenvalue weighted by Crippen LogP contribution is 2.30. The molecule has 1 atom stereocenters. The fraction of sp³-hybridized carbons (Fsp3) is 0.154. The summed E-state index contributed by atoms with van der Waals surface area (Å²) in [5, 5.41) is 15.2. The molecule has 0 bridgehead atoms. The molecule has 0 fully saturated rings. The summed E-state index contributed by atoms with van der Waals surface area (Å²) in [6.07, 6.45) is 2.15. The van der Waals surface area contributed by atoms with Gasteiger partial charge in [-0.2, -0.15) is 0 Å². The third kappa shape index (κ3) is 3.15. The van der Waals surface area contributed by atoms with Crippen molar-refractivity contribution in [1.82, 2.24) is 4.98 Å². The van der Waals surface area contributed by atoms with E-state index in [0.29, 0.717) is 17.4 Å². The molecule has 1 N–H and O–H groups in total. The van der Waals surface area contributed by atoms with Crippen LogP contribution in [0.2, 0.25) is 0 Å². The maximum absolute atomic E-state index is 12.1. The van der Waals surface area contributed by atoms with Crippen LogP contribution in [0.1, 0.15) is 34.1 Å². The molecule has 1 aliphatic rings. The predicted molar refractivity (Wildman–Crippen MR) is 118 cm³/mol. The second-order valence-corrected chi connectivity index (χ2v) is 7.85. The van der Waals surface area contributed by atoms with E-state index < -0.39 is 5.97 Å². The monoisotopic (exact) mass is 394 g/mol. The highest BCUT2D eigenvalue weighted by atomic mass is 16.4. The third-order valence-corrected chi connectivity index (χ3v) is 5.98. The van der Waals surface area contributed by atoms with Gasteiger partial charge in [-0.25, -0.2) is 4.98 Å². The number of likely N-dealkylation sites (N-methyl/N-ethyl adjacent to an activating group) is 1. The number of rotatable bonds is 3. The van der Waals surface area contributed by atoms with Gasteiger partial charge in [-0.3, -0.25) is 0 Å². The lowest BCUT2D eigenvalue weighted by atomic mass is 9.92. The molecular formula is C26H22N2O2. The Balaban J connectivity index is 1.74. The van der Waals surface area contributed by atoms with Crippen molar-refractivity contribution in [3.8, 4) is 0 Å². The highest BCUT2D eigenvalue weighted by molar-refractivity contribution is 6.05. The number of benzene rings is 3. The Morgan fingerprint density at radius 3 is 2.60 bits per heavy atom. The molecule has 1 aliphatic heterocycles. The molecule has 0 saturated heterocycles. The zero-order valence-electron chi connectivity index (χ0n) is 16.8. The van der Waals surface area contributed by atoms with E-state index in [9.17, 15) is 9.90 Å². The molecule has 148 valence electrons. The first kappa shape index (κ1) is 18.5. The van der Waals surface area contributed by atoms with Crippen LogP contribution in [0, 0.1) is 0 Å². The van der Waals surface area contributed by atoms with Crippen molar-refractivity contribution in [3.05, 3.63) is 89.1 Å². The number of nitrogens with one attached hydrogen (secondary N) is 1. The molecule has 0 aliphatic carbocycles. The number of carbonyl (C=O) groups excluding carboxylic acids is 1. The number of fused-ring (bicyclic) bond motifs is 3. The minimum absolute atomic E-state index is 0.283. The van der Waals surface area contributed by atoms with Gasteiger partial charge in [-0.05, 0) is 41.5 Å². The smallest absolute Gasteiger partial charge is 0.106 e. The van der Waals surface area contributed by atoms with Crippen LogP contribution in [-0.2, 0) is 6.54 Å². The van der Waals surface area contributed by atoms with E-state index in [2.05, 4.69) is 43.3 Å². The Kier molecular flexibility index (Phi) is 4.57.